The van der Waals surface area contributed by atoms with E-state index in [4.69, 9.17) is 10.5 Å². The Kier molecular flexibility index (Phi) is 6.26. The number of amides is 1. The number of carbonyl (C=O) groups excluding carboxylic acids is 2. The molecule has 8 heteroatoms. The van der Waals surface area contributed by atoms with Crippen LogP contribution >= 0.6 is 0 Å². The molecule has 0 heterocycles. The largest absolute Gasteiger partial charge is 0.452 e. The lowest BCUT2D eigenvalue weighted by Crippen LogP contribution is -2.30. The topological polar surface area (TPSA) is 125 Å². The number of anilines is 1. The molecule has 0 spiro atoms. The minimum atomic E-state index is -0.831. The molecule has 1 amide bonds. The van der Waals surface area contributed by atoms with Gasteiger partial charge in [-0.15, -0.1) is 0 Å². The Labute approximate surface area is 150 Å². The van der Waals surface area contributed by atoms with Crippen LogP contribution in [-0.2, 0) is 16.0 Å². The fourth-order valence-electron chi connectivity index (χ4n) is 2.32. The molecule has 0 aliphatic rings. The molecule has 2 aromatic carbocycles. The number of nitro groups is 1. The third-order valence-corrected chi connectivity index (χ3v) is 3.77. The molecule has 2 rings (SSSR count). The molecule has 26 heavy (non-hydrogen) atoms. The van der Waals surface area contributed by atoms with Gasteiger partial charge >= 0.3 is 5.97 Å². The predicted octanol–water partition coefficient (Wildman–Crippen LogP) is 2.00. The summed E-state index contributed by atoms with van der Waals surface area (Å²) in [6.45, 7) is 1.93. The molecule has 0 saturated carbocycles. The van der Waals surface area contributed by atoms with Gasteiger partial charge in [0.25, 0.3) is 11.6 Å². The first-order valence-corrected chi connectivity index (χ1v) is 7.90. The van der Waals surface area contributed by atoms with E-state index >= 15 is 0 Å². The van der Waals surface area contributed by atoms with Crippen molar-refractivity contribution in [1.29, 1.82) is 0 Å². The van der Waals surface area contributed by atoms with E-state index in [-0.39, 0.29) is 16.9 Å². The predicted molar refractivity (Wildman–Crippen MR) is 95.7 cm³/mol. The van der Waals surface area contributed by atoms with Gasteiger partial charge in [0, 0.05) is 12.6 Å². The number of nitrogens with zero attached hydrogens (tertiary/aromatic N) is 1. The average Bonchev–Trinajstić information content (AvgIpc) is 2.61. The summed E-state index contributed by atoms with van der Waals surface area (Å²) in [6, 6.07) is 11.4. The van der Waals surface area contributed by atoms with Crippen LogP contribution in [-0.4, -0.2) is 30.0 Å². The van der Waals surface area contributed by atoms with Gasteiger partial charge in [0.05, 0.1) is 10.5 Å². The van der Waals surface area contributed by atoms with Crippen molar-refractivity contribution in [2.75, 3.05) is 18.9 Å². The zero-order valence-electron chi connectivity index (χ0n) is 14.2. The number of benzene rings is 2. The van der Waals surface area contributed by atoms with E-state index < -0.39 is 23.4 Å². The standard InChI is InChI=1S/C18H19N3O5/c1-12-4-2-3-5-13(12)8-9-20-17(22)11-26-18(23)14-6-7-15(19)16(10-14)21(24)25/h2-7,10H,8-9,11,19H2,1H3,(H,20,22). The number of nitro benzene ring substituents is 1. The van der Waals surface area contributed by atoms with E-state index in [9.17, 15) is 19.7 Å². The van der Waals surface area contributed by atoms with Gasteiger partial charge in [0.1, 0.15) is 5.69 Å². The SMILES string of the molecule is Cc1ccccc1CCNC(=O)COC(=O)c1ccc(N)c([N+](=O)[O-])c1. The Hall–Kier alpha value is -3.42. The number of rotatable bonds is 7. The minimum Gasteiger partial charge on any atom is -0.452 e. The van der Waals surface area contributed by atoms with Crippen molar-refractivity contribution in [2.45, 2.75) is 13.3 Å². The second kappa shape index (κ2) is 8.61. The molecule has 0 aromatic heterocycles. The maximum Gasteiger partial charge on any atom is 0.338 e. The fourth-order valence-corrected chi connectivity index (χ4v) is 2.32. The highest BCUT2D eigenvalue weighted by Crippen LogP contribution is 2.22. The molecular weight excluding hydrogens is 338 g/mol. The van der Waals surface area contributed by atoms with Crippen molar-refractivity contribution >= 4 is 23.3 Å². The lowest BCUT2D eigenvalue weighted by molar-refractivity contribution is -0.383. The number of hydrogen-bond donors (Lipinski definition) is 2. The van der Waals surface area contributed by atoms with Crippen molar-refractivity contribution in [3.05, 3.63) is 69.3 Å². The van der Waals surface area contributed by atoms with Gasteiger partial charge in [-0.3, -0.25) is 14.9 Å². The Morgan fingerprint density at radius 3 is 2.65 bits per heavy atom. The Morgan fingerprint density at radius 1 is 1.23 bits per heavy atom. The maximum atomic E-state index is 11.9. The zero-order chi connectivity index (χ0) is 19.1. The summed E-state index contributed by atoms with van der Waals surface area (Å²) in [5, 5.41) is 13.5. The van der Waals surface area contributed by atoms with Crippen molar-refractivity contribution in [3.8, 4) is 0 Å². The number of nitrogens with two attached hydrogens (primary N) is 1. The summed E-state index contributed by atoms with van der Waals surface area (Å²) < 4.78 is 4.88. The summed E-state index contributed by atoms with van der Waals surface area (Å²) >= 11 is 0. The van der Waals surface area contributed by atoms with Crippen LogP contribution in [0.5, 0.6) is 0 Å². The molecule has 0 aliphatic carbocycles. The molecule has 0 aliphatic heterocycles. The summed E-state index contributed by atoms with van der Waals surface area (Å²) in [5.74, 6) is -1.28. The van der Waals surface area contributed by atoms with Gasteiger partial charge < -0.3 is 15.8 Å². The van der Waals surface area contributed by atoms with Crippen LogP contribution in [0.4, 0.5) is 11.4 Å². The smallest absolute Gasteiger partial charge is 0.338 e. The first-order chi connectivity index (χ1) is 12.4. The van der Waals surface area contributed by atoms with Crippen LogP contribution in [0.3, 0.4) is 0 Å². The molecule has 0 saturated heterocycles. The van der Waals surface area contributed by atoms with Crippen molar-refractivity contribution in [2.24, 2.45) is 0 Å². The first kappa shape index (κ1) is 18.9. The summed E-state index contributed by atoms with van der Waals surface area (Å²) in [6.07, 6.45) is 0.663. The first-order valence-electron chi connectivity index (χ1n) is 7.90. The Balaban J connectivity index is 1.82. The van der Waals surface area contributed by atoms with Crippen LogP contribution in [0.15, 0.2) is 42.5 Å². The molecule has 0 unspecified atom stereocenters. The highest BCUT2D eigenvalue weighted by atomic mass is 16.6. The second-order valence-electron chi connectivity index (χ2n) is 5.63. The minimum absolute atomic E-state index is 0.0430. The molecule has 0 atom stereocenters. The number of ether oxygens (including phenoxy) is 1. The summed E-state index contributed by atoms with van der Waals surface area (Å²) in [5.41, 5.74) is 7.24. The molecule has 8 nitrogen and oxygen atoms in total. The summed E-state index contributed by atoms with van der Waals surface area (Å²) in [4.78, 5) is 33.8. The van der Waals surface area contributed by atoms with Crippen molar-refractivity contribution < 1.29 is 19.2 Å². The van der Waals surface area contributed by atoms with E-state index in [1.54, 1.807) is 0 Å². The summed E-state index contributed by atoms with van der Waals surface area (Å²) in [7, 11) is 0. The van der Waals surface area contributed by atoms with Crippen LogP contribution in [0.1, 0.15) is 21.5 Å². The van der Waals surface area contributed by atoms with Crippen molar-refractivity contribution in [3.63, 3.8) is 0 Å². The van der Waals surface area contributed by atoms with Gasteiger partial charge in [-0.2, -0.15) is 0 Å². The molecule has 0 bridgehead atoms. The maximum absolute atomic E-state index is 11.9. The van der Waals surface area contributed by atoms with Crippen LogP contribution in [0.2, 0.25) is 0 Å². The molecular formula is C18H19N3O5. The van der Waals surface area contributed by atoms with Crippen molar-refractivity contribution in [1.82, 2.24) is 5.32 Å². The lowest BCUT2D eigenvalue weighted by atomic mass is 10.1. The highest BCUT2D eigenvalue weighted by Gasteiger charge is 2.17. The Bertz CT molecular complexity index is 835. The molecule has 0 fully saturated rings. The van der Waals surface area contributed by atoms with Gasteiger partial charge in [-0.1, -0.05) is 24.3 Å². The number of carbonyl (C=O) groups is 2. The van der Waals surface area contributed by atoms with Crippen LogP contribution in [0.25, 0.3) is 0 Å². The van der Waals surface area contributed by atoms with Gasteiger partial charge in [-0.25, -0.2) is 4.79 Å². The fraction of sp³-hybridized carbons (Fsp3) is 0.222. The number of aryl methyl sites for hydroxylation is 1. The molecule has 0 radical (unpaired) electrons. The number of hydrogen-bond acceptors (Lipinski definition) is 6. The van der Waals surface area contributed by atoms with Crippen LogP contribution in [0, 0.1) is 17.0 Å². The third kappa shape index (κ3) is 5.04. The zero-order valence-corrected chi connectivity index (χ0v) is 14.2. The second-order valence-corrected chi connectivity index (χ2v) is 5.63. The van der Waals surface area contributed by atoms with Gasteiger partial charge in [0.15, 0.2) is 6.61 Å². The van der Waals surface area contributed by atoms with E-state index in [1.165, 1.54) is 12.1 Å². The normalized spacial score (nSPS) is 10.2. The van der Waals surface area contributed by atoms with Gasteiger partial charge in [0.2, 0.25) is 0 Å². The van der Waals surface area contributed by atoms with Crippen LogP contribution < -0.4 is 11.1 Å². The third-order valence-electron chi connectivity index (χ3n) is 3.77. The Morgan fingerprint density at radius 2 is 1.96 bits per heavy atom. The molecule has 3 N–H and O–H groups in total. The monoisotopic (exact) mass is 357 g/mol. The quantitative estimate of drug-likeness (QED) is 0.338. The number of nitrogens with one attached hydrogen (secondary N) is 1. The highest BCUT2D eigenvalue weighted by molar-refractivity contribution is 5.92. The number of esters is 1. The van der Waals surface area contributed by atoms with Gasteiger partial charge in [-0.05, 0) is 36.6 Å². The van der Waals surface area contributed by atoms with E-state index in [1.807, 2.05) is 31.2 Å². The van der Waals surface area contributed by atoms with E-state index in [2.05, 4.69) is 5.32 Å². The molecule has 2 aromatic rings. The lowest BCUT2D eigenvalue weighted by Gasteiger charge is -2.08. The van der Waals surface area contributed by atoms with E-state index in [0.29, 0.717) is 13.0 Å². The number of nitrogen functional groups attached to an aromatic ring is 1. The van der Waals surface area contributed by atoms with E-state index in [0.717, 1.165) is 17.2 Å². The molecule has 136 valence electrons. The average molecular weight is 357 g/mol.